The Morgan fingerprint density at radius 3 is 2.80 bits per heavy atom. The van der Waals surface area contributed by atoms with Crippen LogP contribution in [0.3, 0.4) is 0 Å². The highest BCUT2D eigenvalue weighted by atomic mass is 14.9. The lowest BCUT2D eigenvalue weighted by atomic mass is 9.90. The molecule has 1 aromatic rings. The quantitative estimate of drug-likeness (QED) is 0.793. The van der Waals surface area contributed by atoms with Gasteiger partial charge in [0.1, 0.15) is 0 Å². The predicted molar refractivity (Wildman–Crippen MR) is 65.0 cm³/mol. The first-order valence-electron chi connectivity index (χ1n) is 6.17. The Morgan fingerprint density at radius 2 is 2.07 bits per heavy atom. The van der Waals surface area contributed by atoms with E-state index < -0.39 is 0 Å². The lowest BCUT2D eigenvalue weighted by Gasteiger charge is -2.18. The van der Waals surface area contributed by atoms with Crippen LogP contribution in [0.4, 0.5) is 0 Å². The summed E-state index contributed by atoms with van der Waals surface area (Å²) in [7, 11) is 0. The summed E-state index contributed by atoms with van der Waals surface area (Å²) in [5, 5.41) is 3.63. The molecule has 1 nitrogen and oxygen atoms in total. The highest BCUT2D eigenvalue weighted by Crippen LogP contribution is 2.23. The van der Waals surface area contributed by atoms with Gasteiger partial charge in [-0.2, -0.15) is 0 Å². The van der Waals surface area contributed by atoms with Gasteiger partial charge in [0.05, 0.1) is 0 Å². The van der Waals surface area contributed by atoms with E-state index in [9.17, 15) is 0 Å². The molecule has 1 aliphatic heterocycles. The SMILES string of the molecule is CCCC1NCCC1Cc1ccccc1. The molecular formula is C14H21N. The maximum atomic E-state index is 3.63. The van der Waals surface area contributed by atoms with E-state index in [0.29, 0.717) is 0 Å². The summed E-state index contributed by atoms with van der Waals surface area (Å²) in [5.41, 5.74) is 1.49. The van der Waals surface area contributed by atoms with Gasteiger partial charge < -0.3 is 5.32 Å². The van der Waals surface area contributed by atoms with Gasteiger partial charge in [0, 0.05) is 6.04 Å². The molecule has 15 heavy (non-hydrogen) atoms. The fraction of sp³-hybridized carbons (Fsp3) is 0.571. The molecule has 2 atom stereocenters. The van der Waals surface area contributed by atoms with Crippen LogP contribution in [0.15, 0.2) is 30.3 Å². The summed E-state index contributed by atoms with van der Waals surface area (Å²) in [5.74, 6) is 0.854. The zero-order valence-corrected chi connectivity index (χ0v) is 9.58. The van der Waals surface area contributed by atoms with Crippen LogP contribution in [0.5, 0.6) is 0 Å². The molecule has 0 amide bonds. The van der Waals surface area contributed by atoms with Crippen molar-refractivity contribution in [3.8, 4) is 0 Å². The molecule has 1 saturated heterocycles. The molecule has 0 aliphatic carbocycles. The van der Waals surface area contributed by atoms with Crippen LogP contribution >= 0.6 is 0 Å². The third-order valence-corrected chi connectivity index (χ3v) is 3.43. The fourth-order valence-corrected chi connectivity index (χ4v) is 2.63. The molecule has 0 saturated carbocycles. The molecule has 1 heteroatoms. The Hall–Kier alpha value is -0.820. The Kier molecular flexibility index (Phi) is 3.79. The minimum atomic E-state index is 0.759. The first kappa shape index (κ1) is 10.7. The highest BCUT2D eigenvalue weighted by molar-refractivity contribution is 5.16. The van der Waals surface area contributed by atoms with Gasteiger partial charge in [0.25, 0.3) is 0 Å². The van der Waals surface area contributed by atoms with Gasteiger partial charge in [-0.1, -0.05) is 43.7 Å². The minimum absolute atomic E-state index is 0.759. The summed E-state index contributed by atoms with van der Waals surface area (Å²) in [6, 6.07) is 11.6. The van der Waals surface area contributed by atoms with Gasteiger partial charge in [-0.25, -0.2) is 0 Å². The molecule has 0 radical (unpaired) electrons. The topological polar surface area (TPSA) is 12.0 Å². The maximum absolute atomic E-state index is 3.63. The lowest BCUT2D eigenvalue weighted by Crippen LogP contribution is -2.27. The summed E-state index contributed by atoms with van der Waals surface area (Å²) >= 11 is 0. The zero-order valence-electron chi connectivity index (χ0n) is 9.58. The van der Waals surface area contributed by atoms with Crippen molar-refractivity contribution in [1.82, 2.24) is 5.32 Å². The van der Waals surface area contributed by atoms with E-state index in [1.54, 1.807) is 0 Å². The summed E-state index contributed by atoms with van der Waals surface area (Å²) in [6.45, 7) is 3.49. The molecule has 2 unspecified atom stereocenters. The number of hydrogen-bond acceptors (Lipinski definition) is 1. The van der Waals surface area contributed by atoms with Crippen LogP contribution < -0.4 is 5.32 Å². The van der Waals surface area contributed by atoms with E-state index >= 15 is 0 Å². The largest absolute Gasteiger partial charge is 0.314 e. The van der Waals surface area contributed by atoms with E-state index in [1.165, 1.54) is 37.8 Å². The molecule has 1 aliphatic rings. The Balaban J connectivity index is 1.93. The average molecular weight is 203 g/mol. The second kappa shape index (κ2) is 5.32. The van der Waals surface area contributed by atoms with Gasteiger partial charge in [-0.15, -0.1) is 0 Å². The Morgan fingerprint density at radius 1 is 1.27 bits per heavy atom. The molecule has 0 aromatic heterocycles. The van der Waals surface area contributed by atoms with Crippen molar-refractivity contribution in [3.63, 3.8) is 0 Å². The van der Waals surface area contributed by atoms with Crippen LogP contribution in [0, 0.1) is 5.92 Å². The highest BCUT2D eigenvalue weighted by Gasteiger charge is 2.25. The monoisotopic (exact) mass is 203 g/mol. The van der Waals surface area contributed by atoms with Crippen LogP contribution in [-0.2, 0) is 6.42 Å². The van der Waals surface area contributed by atoms with Gasteiger partial charge in [-0.3, -0.25) is 0 Å². The van der Waals surface area contributed by atoms with Crippen molar-refractivity contribution in [1.29, 1.82) is 0 Å². The number of rotatable bonds is 4. The number of nitrogens with one attached hydrogen (secondary N) is 1. The molecule has 0 spiro atoms. The van der Waals surface area contributed by atoms with Crippen LogP contribution in [0.2, 0.25) is 0 Å². The van der Waals surface area contributed by atoms with Crippen molar-refractivity contribution < 1.29 is 0 Å². The van der Waals surface area contributed by atoms with Crippen molar-refractivity contribution in [2.75, 3.05) is 6.54 Å². The van der Waals surface area contributed by atoms with Gasteiger partial charge in [-0.05, 0) is 37.3 Å². The molecule has 1 heterocycles. The van der Waals surface area contributed by atoms with Crippen LogP contribution in [0.25, 0.3) is 0 Å². The molecular weight excluding hydrogens is 182 g/mol. The standard InChI is InChI=1S/C14H21N/c1-2-6-14-13(9-10-15-14)11-12-7-4-3-5-8-12/h3-5,7-8,13-15H,2,6,9-11H2,1H3. The first-order chi connectivity index (χ1) is 7.40. The second-order valence-corrected chi connectivity index (χ2v) is 4.59. The lowest BCUT2D eigenvalue weighted by molar-refractivity contribution is 0.417. The van der Waals surface area contributed by atoms with Crippen molar-refractivity contribution in [3.05, 3.63) is 35.9 Å². The predicted octanol–water partition coefficient (Wildman–Crippen LogP) is 3.01. The molecule has 1 aromatic carbocycles. The smallest absolute Gasteiger partial charge is 0.00988 e. The van der Waals surface area contributed by atoms with E-state index in [2.05, 4.69) is 42.6 Å². The average Bonchev–Trinajstić information content (AvgIpc) is 2.68. The number of benzene rings is 1. The molecule has 0 bridgehead atoms. The molecule has 82 valence electrons. The van der Waals surface area contributed by atoms with Crippen molar-refractivity contribution >= 4 is 0 Å². The normalized spacial score (nSPS) is 25.7. The molecule has 1 N–H and O–H groups in total. The van der Waals surface area contributed by atoms with Crippen molar-refractivity contribution in [2.45, 2.75) is 38.6 Å². The van der Waals surface area contributed by atoms with Crippen LogP contribution in [0.1, 0.15) is 31.7 Å². The Labute approximate surface area is 92.9 Å². The number of hydrogen-bond donors (Lipinski definition) is 1. The minimum Gasteiger partial charge on any atom is -0.314 e. The molecule has 1 fully saturated rings. The van der Waals surface area contributed by atoms with Crippen molar-refractivity contribution in [2.24, 2.45) is 5.92 Å². The fourth-order valence-electron chi connectivity index (χ4n) is 2.63. The molecule has 2 rings (SSSR count). The summed E-state index contributed by atoms with van der Waals surface area (Å²) < 4.78 is 0. The zero-order chi connectivity index (χ0) is 10.5. The van der Waals surface area contributed by atoms with E-state index in [-0.39, 0.29) is 0 Å². The second-order valence-electron chi connectivity index (χ2n) is 4.59. The van der Waals surface area contributed by atoms with E-state index in [0.717, 1.165) is 12.0 Å². The van der Waals surface area contributed by atoms with E-state index in [4.69, 9.17) is 0 Å². The van der Waals surface area contributed by atoms with Gasteiger partial charge >= 0.3 is 0 Å². The summed E-state index contributed by atoms with van der Waals surface area (Å²) in [4.78, 5) is 0. The first-order valence-corrected chi connectivity index (χ1v) is 6.17. The third kappa shape index (κ3) is 2.82. The van der Waals surface area contributed by atoms with Crippen LogP contribution in [-0.4, -0.2) is 12.6 Å². The van der Waals surface area contributed by atoms with E-state index in [1.807, 2.05) is 0 Å². The third-order valence-electron chi connectivity index (χ3n) is 3.43. The van der Waals surface area contributed by atoms with Gasteiger partial charge in [0.15, 0.2) is 0 Å². The van der Waals surface area contributed by atoms with Gasteiger partial charge in [0.2, 0.25) is 0 Å². The summed E-state index contributed by atoms with van der Waals surface area (Å²) in [6.07, 6.45) is 5.22. The maximum Gasteiger partial charge on any atom is 0.00988 e. The Bertz CT molecular complexity index is 281.